The molecule has 1 aliphatic carbocycles. The molecule has 1 unspecified atom stereocenters. The number of aliphatic carboxylic acids is 1. The first-order valence-electron chi connectivity index (χ1n) is 6.95. The van der Waals surface area contributed by atoms with Crippen LogP contribution in [0.3, 0.4) is 0 Å². The summed E-state index contributed by atoms with van der Waals surface area (Å²) < 4.78 is 0. The van der Waals surface area contributed by atoms with Crippen LogP contribution in [0.5, 0.6) is 0 Å². The second-order valence-corrected chi connectivity index (χ2v) is 5.32. The van der Waals surface area contributed by atoms with Gasteiger partial charge < -0.3 is 15.3 Å². The fourth-order valence-electron chi connectivity index (χ4n) is 3.25. The van der Waals surface area contributed by atoms with Gasteiger partial charge in [0.05, 0.1) is 6.42 Å². The monoisotopic (exact) mass is 254 g/mol. The fourth-order valence-corrected chi connectivity index (χ4v) is 3.25. The van der Waals surface area contributed by atoms with Crippen LogP contribution in [0.1, 0.15) is 44.9 Å². The number of urea groups is 1. The van der Waals surface area contributed by atoms with Crippen molar-refractivity contribution in [1.29, 1.82) is 0 Å². The predicted molar refractivity (Wildman–Crippen MR) is 67.3 cm³/mol. The fraction of sp³-hybridized carbons (Fsp3) is 0.846. The van der Waals surface area contributed by atoms with E-state index in [1.165, 1.54) is 25.7 Å². The van der Waals surface area contributed by atoms with Gasteiger partial charge in [-0.25, -0.2) is 4.79 Å². The molecule has 0 spiro atoms. The highest BCUT2D eigenvalue weighted by molar-refractivity contribution is 5.75. The predicted octanol–water partition coefficient (Wildman–Crippen LogP) is 1.83. The van der Waals surface area contributed by atoms with Gasteiger partial charge in [-0.3, -0.25) is 4.79 Å². The highest BCUT2D eigenvalue weighted by atomic mass is 16.4. The highest BCUT2D eigenvalue weighted by Gasteiger charge is 2.35. The van der Waals surface area contributed by atoms with Gasteiger partial charge in [-0.15, -0.1) is 0 Å². The first kappa shape index (κ1) is 13.2. The third-order valence-electron chi connectivity index (χ3n) is 4.12. The first-order valence-corrected chi connectivity index (χ1v) is 6.95. The zero-order valence-corrected chi connectivity index (χ0v) is 10.7. The molecule has 2 N–H and O–H groups in total. The molecule has 5 nitrogen and oxygen atoms in total. The summed E-state index contributed by atoms with van der Waals surface area (Å²) in [6.07, 6.45) is 7.23. The van der Waals surface area contributed by atoms with E-state index in [0.29, 0.717) is 12.0 Å². The van der Waals surface area contributed by atoms with E-state index >= 15 is 0 Å². The molecule has 1 atom stereocenters. The van der Waals surface area contributed by atoms with E-state index in [9.17, 15) is 9.59 Å². The van der Waals surface area contributed by atoms with Crippen molar-refractivity contribution in [2.75, 3.05) is 13.1 Å². The summed E-state index contributed by atoms with van der Waals surface area (Å²) in [6, 6.07) is 0.308. The zero-order valence-electron chi connectivity index (χ0n) is 10.7. The lowest BCUT2D eigenvalue weighted by molar-refractivity contribution is -0.136. The van der Waals surface area contributed by atoms with Crippen LogP contribution in [0.15, 0.2) is 0 Å². The molecule has 1 aliphatic heterocycles. The van der Waals surface area contributed by atoms with Crippen LogP contribution >= 0.6 is 0 Å². The summed E-state index contributed by atoms with van der Waals surface area (Å²) in [5.41, 5.74) is 0. The summed E-state index contributed by atoms with van der Waals surface area (Å²) in [7, 11) is 0. The van der Waals surface area contributed by atoms with Gasteiger partial charge in [0.15, 0.2) is 0 Å². The number of carbonyl (C=O) groups is 2. The maximum atomic E-state index is 12.0. The SMILES string of the molecule is O=C(O)CCNC(=O)N1CCCC1C1CCCC1. The highest BCUT2D eigenvalue weighted by Crippen LogP contribution is 2.35. The Bertz CT molecular complexity index is 313. The average Bonchev–Trinajstić information content (AvgIpc) is 2.99. The van der Waals surface area contributed by atoms with Crippen molar-refractivity contribution in [2.45, 2.75) is 51.0 Å². The molecule has 18 heavy (non-hydrogen) atoms. The Labute approximate surface area is 108 Å². The largest absolute Gasteiger partial charge is 0.481 e. The number of hydrogen-bond acceptors (Lipinski definition) is 2. The molecule has 0 aromatic carbocycles. The Morgan fingerprint density at radius 2 is 1.89 bits per heavy atom. The number of nitrogens with one attached hydrogen (secondary N) is 1. The summed E-state index contributed by atoms with van der Waals surface area (Å²) in [6.45, 7) is 1.04. The second kappa shape index (κ2) is 6.07. The molecular weight excluding hydrogens is 232 g/mol. The van der Waals surface area contributed by atoms with Gasteiger partial charge in [-0.1, -0.05) is 12.8 Å². The summed E-state index contributed by atoms with van der Waals surface area (Å²) >= 11 is 0. The van der Waals surface area contributed by atoms with E-state index in [1.807, 2.05) is 4.90 Å². The van der Waals surface area contributed by atoms with E-state index in [4.69, 9.17) is 5.11 Å². The molecule has 1 saturated heterocycles. The number of carboxylic acids is 1. The van der Waals surface area contributed by atoms with Gasteiger partial charge in [0.1, 0.15) is 0 Å². The van der Waals surface area contributed by atoms with Gasteiger partial charge in [0.25, 0.3) is 0 Å². The Hall–Kier alpha value is -1.26. The van der Waals surface area contributed by atoms with Gasteiger partial charge in [-0.05, 0) is 31.6 Å². The molecule has 2 rings (SSSR count). The molecule has 2 fully saturated rings. The van der Waals surface area contributed by atoms with Crippen LogP contribution in [-0.4, -0.2) is 41.1 Å². The zero-order chi connectivity index (χ0) is 13.0. The number of hydrogen-bond donors (Lipinski definition) is 2. The minimum atomic E-state index is -0.871. The second-order valence-electron chi connectivity index (χ2n) is 5.32. The van der Waals surface area contributed by atoms with Crippen LogP contribution in [0.4, 0.5) is 4.79 Å². The summed E-state index contributed by atoms with van der Waals surface area (Å²) in [4.78, 5) is 24.4. The molecule has 2 amide bonds. The lowest BCUT2D eigenvalue weighted by Crippen LogP contribution is -2.45. The Morgan fingerprint density at radius 1 is 1.17 bits per heavy atom. The molecule has 0 radical (unpaired) electrons. The van der Waals surface area contributed by atoms with Crippen molar-refractivity contribution >= 4 is 12.0 Å². The standard InChI is InChI=1S/C13H22N2O3/c16-12(17)7-8-14-13(18)15-9-3-6-11(15)10-4-1-2-5-10/h10-11H,1-9H2,(H,14,18)(H,16,17). The summed E-state index contributed by atoms with van der Waals surface area (Å²) in [5.74, 6) is -0.207. The first-order chi connectivity index (χ1) is 8.68. The lowest BCUT2D eigenvalue weighted by Gasteiger charge is -2.29. The maximum absolute atomic E-state index is 12.0. The van der Waals surface area contributed by atoms with Gasteiger partial charge in [0, 0.05) is 19.1 Å². The van der Waals surface area contributed by atoms with Crippen molar-refractivity contribution in [3.8, 4) is 0 Å². The number of carbonyl (C=O) groups excluding carboxylic acids is 1. The van der Waals surface area contributed by atoms with Gasteiger partial charge >= 0.3 is 12.0 Å². The van der Waals surface area contributed by atoms with Crippen LogP contribution in [0, 0.1) is 5.92 Å². The minimum Gasteiger partial charge on any atom is -0.481 e. The normalized spacial score (nSPS) is 24.4. The van der Waals surface area contributed by atoms with E-state index in [2.05, 4.69) is 5.32 Å². The number of nitrogens with zero attached hydrogens (tertiary/aromatic N) is 1. The third-order valence-corrected chi connectivity index (χ3v) is 4.12. The van der Waals surface area contributed by atoms with Gasteiger partial charge in [0.2, 0.25) is 0 Å². The van der Waals surface area contributed by atoms with E-state index < -0.39 is 5.97 Å². The number of amides is 2. The number of likely N-dealkylation sites (tertiary alicyclic amines) is 1. The lowest BCUT2D eigenvalue weighted by atomic mass is 9.96. The van der Waals surface area contributed by atoms with Crippen molar-refractivity contribution in [3.05, 3.63) is 0 Å². The Balaban J connectivity index is 1.82. The van der Waals surface area contributed by atoms with E-state index in [1.54, 1.807) is 0 Å². The van der Waals surface area contributed by atoms with E-state index in [0.717, 1.165) is 19.4 Å². The maximum Gasteiger partial charge on any atom is 0.317 e. The molecule has 1 saturated carbocycles. The summed E-state index contributed by atoms with van der Waals surface area (Å²) in [5, 5.41) is 11.3. The molecule has 0 aromatic rings. The van der Waals surface area contributed by atoms with Crippen molar-refractivity contribution in [3.63, 3.8) is 0 Å². The average molecular weight is 254 g/mol. The van der Waals surface area contributed by atoms with Gasteiger partial charge in [-0.2, -0.15) is 0 Å². The van der Waals surface area contributed by atoms with Crippen molar-refractivity contribution < 1.29 is 14.7 Å². The van der Waals surface area contributed by atoms with Crippen LogP contribution in [0.2, 0.25) is 0 Å². The Morgan fingerprint density at radius 3 is 2.56 bits per heavy atom. The van der Waals surface area contributed by atoms with E-state index in [-0.39, 0.29) is 19.0 Å². The van der Waals surface area contributed by atoms with Crippen LogP contribution < -0.4 is 5.32 Å². The minimum absolute atomic E-state index is 0.00627. The molecule has 1 heterocycles. The van der Waals surface area contributed by atoms with Crippen LogP contribution in [0.25, 0.3) is 0 Å². The quantitative estimate of drug-likeness (QED) is 0.804. The molecule has 2 aliphatic rings. The molecule has 0 aromatic heterocycles. The smallest absolute Gasteiger partial charge is 0.317 e. The molecule has 102 valence electrons. The molecule has 0 bridgehead atoms. The topological polar surface area (TPSA) is 69.6 Å². The molecular formula is C13H22N2O3. The molecule has 5 heteroatoms. The van der Waals surface area contributed by atoms with Crippen molar-refractivity contribution in [1.82, 2.24) is 10.2 Å². The van der Waals surface area contributed by atoms with Crippen molar-refractivity contribution in [2.24, 2.45) is 5.92 Å². The number of carboxylic acid groups (broad SMARTS) is 1. The third kappa shape index (κ3) is 3.15. The Kier molecular flexibility index (Phi) is 4.44. The number of rotatable bonds is 4. The van der Waals surface area contributed by atoms with Crippen LogP contribution in [-0.2, 0) is 4.79 Å².